The van der Waals surface area contributed by atoms with E-state index in [2.05, 4.69) is 32.6 Å². The Bertz CT molecular complexity index is 663. The third-order valence-corrected chi connectivity index (χ3v) is 7.99. The van der Waals surface area contributed by atoms with Crippen molar-refractivity contribution in [1.29, 1.82) is 0 Å². The molecule has 19 heavy (non-hydrogen) atoms. The highest BCUT2D eigenvalue weighted by Gasteiger charge is 2.23. The van der Waals surface area contributed by atoms with Crippen molar-refractivity contribution < 1.29 is 8.42 Å². The molecule has 0 amide bonds. The number of rotatable bonds is 5. The van der Waals surface area contributed by atoms with Crippen LogP contribution in [0.2, 0.25) is 0 Å². The average Bonchev–Trinajstić information content (AvgIpc) is 2.96. The van der Waals surface area contributed by atoms with Crippen LogP contribution in [-0.4, -0.2) is 13.4 Å². The van der Waals surface area contributed by atoms with Gasteiger partial charge in [-0.3, -0.25) is 0 Å². The second kappa shape index (κ2) is 6.01. The van der Waals surface area contributed by atoms with Gasteiger partial charge in [0.25, 0.3) is 10.0 Å². The highest BCUT2D eigenvalue weighted by Crippen LogP contribution is 2.29. The molecule has 1 unspecified atom stereocenters. The summed E-state index contributed by atoms with van der Waals surface area (Å²) in [4.78, 5) is 5.41. The van der Waals surface area contributed by atoms with Gasteiger partial charge in [-0.05, 0) is 40.7 Å². The number of nitrogens with zero attached hydrogens (tertiary/aromatic N) is 1. The van der Waals surface area contributed by atoms with E-state index in [9.17, 15) is 8.42 Å². The van der Waals surface area contributed by atoms with E-state index in [0.717, 1.165) is 16.3 Å². The minimum Gasteiger partial charge on any atom is -0.248 e. The summed E-state index contributed by atoms with van der Waals surface area (Å²) < 4.78 is 28.0. The van der Waals surface area contributed by atoms with E-state index in [1.807, 2.05) is 0 Å². The standard InChI is InChI=1S/C11H13BrN2O2S3/c1-3-8-6-13-10(18-8)7(2)14-19(15,16)11-9(12)4-5-17-11/h4-7,14H,3H2,1-2H3. The van der Waals surface area contributed by atoms with Crippen molar-refractivity contribution in [1.82, 2.24) is 9.71 Å². The molecular formula is C11H13BrN2O2S3. The number of thiazole rings is 1. The van der Waals surface area contributed by atoms with Crippen LogP contribution in [-0.2, 0) is 16.4 Å². The Hall–Kier alpha value is -0.280. The van der Waals surface area contributed by atoms with Crippen molar-refractivity contribution in [2.24, 2.45) is 0 Å². The van der Waals surface area contributed by atoms with E-state index >= 15 is 0 Å². The molecule has 0 saturated carbocycles. The van der Waals surface area contributed by atoms with E-state index in [0.29, 0.717) is 8.68 Å². The van der Waals surface area contributed by atoms with Crippen LogP contribution >= 0.6 is 38.6 Å². The lowest BCUT2D eigenvalue weighted by Crippen LogP contribution is -2.26. The highest BCUT2D eigenvalue weighted by atomic mass is 79.9. The van der Waals surface area contributed by atoms with Crippen LogP contribution in [0.25, 0.3) is 0 Å². The molecule has 8 heteroatoms. The largest absolute Gasteiger partial charge is 0.251 e. The third-order valence-electron chi connectivity index (χ3n) is 2.45. The molecule has 0 aliphatic carbocycles. The first-order valence-corrected chi connectivity index (χ1v) is 9.61. The topological polar surface area (TPSA) is 59.1 Å². The van der Waals surface area contributed by atoms with E-state index in [1.54, 1.807) is 24.6 Å². The van der Waals surface area contributed by atoms with Crippen molar-refractivity contribution >= 4 is 48.6 Å². The van der Waals surface area contributed by atoms with Gasteiger partial charge in [-0.25, -0.2) is 18.1 Å². The summed E-state index contributed by atoms with van der Waals surface area (Å²) in [5, 5.41) is 2.52. The van der Waals surface area contributed by atoms with Gasteiger partial charge in [0, 0.05) is 15.5 Å². The molecule has 4 nitrogen and oxygen atoms in total. The lowest BCUT2D eigenvalue weighted by molar-refractivity contribution is 0.568. The Morgan fingerprint density at radius 2 is 2.26 bits per heavy atom. The van der Waals surface area contributed by atoms with E-state index < -0.39 is 10.0 Å². The number of aryl methyl sites for hydroxylation is 1. The Kier molecular flexibility index (Phi) is 4.78. The van der Waals surface area contributed by atoms with Gasteiger partial charge in [0.2, 0.25) is 0 Å². The summed E-state index contributed by atoms with van der Waals surface area (Å²) >= 11 is 5.97. The van der Waals surface area contributed by atoms with Crippen LogP contribution in [0.5, 0.6) is 0 Å². The van der Waals surface area contributed by atoms with Crippen LogP contribution in [0.1, 0.15) is 29.8 Å². The number of halogens is 1. The van der Waals surface area contributed by atoms with Crippen molar-refractivity contribution in [2.45, 2.75) is 30.5 Å². The maximum atomic E-state index is 12.2. The second-order valence-corrected chi connectivity index (χ2v) is 8.74. The predicted octanol–water partition coefficient (Wildman–Crippen LogP) is 3.57. The van der Waals surface area contributed by atoms with Crippen LogP contribution in [0, 0.1) is 0 Å². The molecule has 2 aromatic rings. The Morgan fingerprint density at radius 1 is 1.53 bits per heavy atom. The lowest BCUT2D eigenvalue weighted by Gasteiger charge is -2.11. The zero-order valence-corrected chi connectivity index (χ0v) is 14.4. The molecule has 2 heterocycles. The zero-order valence-electron chi connectivity index (χ0n) is 10.4. The van der Waals surface area contributed by atoms with Crippen LogP contribution < -0.4 is 4.72 Å². The Labute approximate surface area is 129 Å². The number of aromatic nitrogens is 1. The predicted molar refractivity (Wildman–Crippen MR) is 82.2 cm³/mol. The summed E-state index contributed by atoms with van der Waals surface area (Å²) in [7, 11) is -3.50. The molecule has 0 bridgehead atoms. The first kappa shape index (κ1) is 15.1. The monoisotopic (exact) mass is 380 g/mol. The molecule has 0 fully saturated rings. The number of sulfonamides is 1. The minimum absolute atomic E-state index is 0.298. The van der Waals surface area contributed by atoms with Gasteiger partial charge in [-0.2, -0.15) is 0 Å². The molecule has 2 aromatic heterocycles. The third kappa shape index (κ3) is 3.43. The van der Waals surface area contributed by atoms with Gasteiger partial charge < -0.3 is 0 Å². The molecule has 0 aromatic carbocycles. The van der Waals surface area contributed by atoms with Crippen molar-refractivity contribution in [2.75, 3.05) is 0 Å². The highest BCUT2D eigenvalue weighted by molar-refractivity contribution is 9.10. The van der Waals surface area contributed by atoms with Gasteiger partial charge in [0.1, 0.15) is 9.22 Å². The quantitative estimate of drug-likeness (QED) is 0.862. The SMILES string of the molecule is CCc1cnc(C(C)NS(=O)(=O)c2sccc2Br)s1. The summed E-state index contributed by atoms with van der Waals surface area (Å²) in [6, 6.07) is 1.40. The van der Waals surface area contributed by atoms with E-state index in [-0.39, 0.29) is 6.04 Å². The molecule has 1 atom stereocenters. The fraction of sp³-hybridized carbons (Fsp3) is 0.364. The molecule has 0 saturated heterocycles. The van der Waals surface area contributed by atoms with Gasteiger partial charge >= 0.3 is 0 Å². The Balaban J connectivity index is 2.19. The van der Waals surface area contributed by atoms with Crippen molar-refractivity contribution in [3.63, 3.8) is 0 Å². The van der Waals surface area contributed by atoms with Crippen molar-refractivity contribution in [3.05, 3.63) is 32.0 Å². The number of hydrogen-bond acceptors (Lipinski definition) is 5. The van der Waals surface area contributed by atoms with Crippen LogP contribution in [0.15, 0.2) is 26.3 Å². The zero-order chi connectivity index (χ0) is 14.0. The van der Waals surface area contributed by atoms with E-state index in [4.69, 9.17) is 0 Å². The molecule has 104 valence electrons. The first-order chi connectivity index (χ1) is 8.94. The molecule has 1 N–H and O–H groups in total. The molecule has 0 spiro atoms. The number of thiophene rings is 1. The summed E-state index contributed by atoms with van der Waals surface area (Å²) in [6.45, 7) is 3.85. The van der Waals surface area contributed by atoms with Gasteiger partial charge in [0.15, 0.2) is 0 Å². The first-order valence-electron chi connectivity index (χ1n) is 5.64. The fourth-order valence-electron chi connectivity index (χ4n) is 1.49. The second-order valence-electron chi connectivity index (χ2n) is 3.92. The average molecular weight is 381 g/mol. The molecule has 0 aliphatic heterocycles. The molecule has 2 rings (SSSR count). The van der Waals surface area contributed by atoms with Crippen molar-refractivity contribution in [3.8, 4) is 0 Å². The lowest BCUT2D eigenvalue weighted by atomic mass is 10.4. The molecule has 0 radical (unpaired) electrons. The van der Waals surface area contributed by atoms with E-state index in [1.165, 1.54) is 22.7 Å². The summed E-state index contributed by atoms with van der Waals surface area (Å²) in [6.07, 6.45) is 2.71. The Morgan fingerprint density at radius 3 is 2.79 bits per heavy atom. The maximum absolute atomic E-state index is 12.2. The fourth-order valence-corrected chi connectivity index (χ4v) is 5.99. The number of nitrogens with one attached hydrogen (secondary N) is 1. The van der Waals surface area contributed by atoms with Gasteiger partial charge in [0.05, 0.1) is 6.04 Å². The normalized spacial score (nSPS) is 13.6. The molecular weight excluding hydrogens is 368 g/mol. The van der Waals surface area contributed by atoms with Crippen LogP contribution in [0.4, 0.5) is 0 Å². The summed E-state index contributed by atoms with van der Waals surface area (Å²) in [5.74, 6) is 0. The molecule has 0 aliphatic rings. The smallest absolute Gasteiger partial charge is 0.248 e. The van der Waals surface area contributed by atoms with Gasteiger partial charge in [-0.1, -0.05) is 6.92 Å². The number of hydrogen-bond donors (Lipinski definition) is 1. The minimum atomic E-state index is -3.50. The van der Waals surface area contributed by atoms with Crippen LogP contribution in [0.3, 0.4) is 0 Å². The summed E-state index contributed by atoms with van der Waals surface area (Å²) in [5.41, 5.74) is 0. The maximum Gasteiger partial charge on any atom is 0.251 e. The van der Waals surface area contributed by atoms with Gasteiger partial charge in [-0.15, -0.1) is 22.7 Å².